The summed E-state index contributed by atoms with van der Waals surface area (Å²) in [6, 6.07) is 66.0. The van der Waals surface area contributed by atoms with Crippen LogP contribution in [0, 0.1) is 22.7 Å². The van der Waals surface area contributed by atoms with Gasteiger partial charge in [-0.05, 0) is 90.0 Å². The minimum atomic E-state index is 0.604. The molecule has 0 amide bonds. The Hall–Kier alpha value is -7.86. The molecule has 0 bridgehead atoms. The van der Waals surface area contributed by atoms with Crippen molar-refractivity contribution in [1.82, 2.24) is 13.7 Å². The molecule has 0 atom stereocenters. The van der Waals surface area contributed by atoms with Gasteiger partial charge in [0.1, 0.15) is 6.07 Å². The van der Waals surface area contributed by atoms with Crippen molar-refractivity contribution in [1.29, 1.82) is 10.5 Å². The van der Waals surface area contributed by atoms with E-state index in [4.69, 9.17) is 0 Å². The van der Waals surface area contributed by atoms with Gasteiger partial charge in [0, 0.05) is 43.7 Å². The lowest BCUT2D eigenvalue weighted by molar-refractivity contribution is 1.15. The van der Waals surface area contributed by atoms with Crippen LogP contribution in [0.3, 0.4) is 0 Å². The number of aromatic nitrogens is 3. The van der Waals surface area contributed by atoms with Crippen molar-refractivity contribution in [2.45, 2.75) is 0 Å². The van der Waals surface area contributed by atoms with Crippen LogP contribution in [0.1, 0.15) is 11.1 Å². The van der Waals surface area contributed by atoms with E-state index in [1.165, 1.54) is 10.8 Å². The van der Waals surface area contributed by atoms with E-state index in [9.17, 15) is 10.5 Å². The Balaban J connectivity index is 1.08. The predicted molar refractivity (Wildman–Crippen MR) is 224 cm³/mol. The summed E-state index contributed by atoms with van der Waals surface area (Å²) in [7, 11) is 0. The van der Waals surface area contributed by atoms with Gasteiger partial charge in [-0.25, -0.2) is 0 Å². The van der Waals surface area contributed by atoms with Crippen molar-refractivity contribution < 1.29 is 0 Å². The maximum Gasteiger partial charge on any atom is 0.101 e. The van der Waals surface area contributed by atoms with Crippen LogP contribution >= 0.6 is 0 Å². The van der Waals surface area contributed by atoms with E-state index in [1.807, 2.05) is 36.4 Å². The van der Waals surface area contributed by atoms with Crippen molar-refractivity contribution in [3.8, 4) is 40.3 Å². The van der Waals surface area contributed by atoms with Crippen LogP contribution in [-0.2, 0) is 0 Å². The van der Waals surface area contributed by atoms with Crippen LogP contribution in [0.5, 0.6) is 0 Å². The average molecular weight is 700 g/mol. The lowest BCUT2D eigenvalue weighted by Crippen LogP contribution is -2.00. The fourth-order valence-electron chi connectivity index (χ4n) is 8.67. The number of hydrogen-bond donors (Lipinski definition) is 0. The normalized spacial score (nSPS) is 11.6. The zero-order chi connectivity index (χ0) is 36.6. The lowest BCUT2D eigenvalue weighted by atomic mass is 10.0. The minimum Gasteiger partial charge on any atom is -0.309 e. The molecule has 55 heavy (non-hydrogen) atoms. The second-order valence-electron chi connectivity index (χ2n) is 14.0. The number of nitrogens with zero attached hydrogens (tertiary/aromatic N) is 5. The fraction of sp³-hybridized carbons (Fsp3) is 0. The number of hydrogen-bond acceptors (Lipinski definition) is 2. The van der Waals surface area contributed by atoms with Crippen molar-refractivity contribution >= 4 is 65.4 Å². The molecule has 11 rings (SSSR count). The van der Waals surface area contributed by atoms with Gasteiger partial charge in [0.25, 0.3) is 0 Å². The number of nitriles is 2. The monoisotopic (exact) mass is 699 g/mol. The van der Waals surface area contributed by atoms with Gasteiger partial charge in [0.15, 0.2) is 0 Å². The quantitative estimate of drug-likeness (QED) is 0.184. The van der Waals surface area contributed by atoms with Gasteiger partial charge in [-0.3, -0.25) is 0 Å². The number of rotatable bonds is 4. The van der Waals surface area contributed by atoms with Crippen LogP contribution in [0.4, 0.5) is 0 Å². The lowest BCUT2D eigenvalue weighted by Gasteiger charge is -2.14. The van der Waals surface area contributed by atoms with Crippen molar-refractivity contribution in [2.24, 2.45) is 0 Å². The van der Waals surface area contributed by atoms with Crippen molar-refractivity contribution in [3.05, 3.63) is 187 Å². The molecule has 0 saturated heterocycles. The highest BCUT2D eigenvalue weighted by Crippen LogP contribution is 2.39. The maximum atomic E-state index is 10.5. The molecule has 5 nitrogen and oxygen atoms in total. The fourth-order valence-corrected chi connectivity index (χ4v) is 8.67. The first-order chi connectivity index (χ1) is 27.2. The summed E-state index contributed by atoms with van der Waals surface area (Å²) in [5.41, 5.74) is 12.8. The smallest absolute Gasteiger partial charge is 0.101 e. The van der Waals surface area contributed by atoms with Gasteiger partial charge in [0.05, 0.1) is 56.0 Å². The predicted octanol–water partition coefficient (Wildman–Crippen LogP) is 12.4. The van der Waals surface area contributed by atoms with Crippen LogP contribution < -0.4 is 0 Å². The van der Waals surface area contributed by atoms with Crippen molar-refractivity contribution in [2.75, 3.05) is 0 Å². The Morgan fingerprint density at radius 2 is 0.818 bits per heavy atom. The van der Waals surface area contributed by atoms with Gasteiger partial charge < -0.3 is 13.7 Å². The first-order valence-corrected chi connectivity index (χ1v) is 18.3. The van der Waals surface area contributed by atoms with Gasteiger partial charge in [-0.15, -0.1) is 0 Å². The Kier molecular flexibility index (Phi) is 6.61. The number of benzene rings is 8. The molecule has 0 spiro atoms. The summed E-state index contributed by atoms with van der Waals surface area (Å²) in [6.45, 7) is 0. The van der Waals surface area contributed by atoms with Crippen molar-refractivity contribution in [3.63, 3.8) is 0 Å². The molecule has 8 aromatic carbocycles. The van der Waals surface area contributed by atoms with Gasteiger partial charge in [-0.2, -0.15) is 10.5 Å². The SMILES string of the molecule is N#Cc1ccc2c(c1)c1ccccc1n2-c1ccc(-c2ccc(C#N)c(-n3c4ccccc4c4ccc(-n5c6ccccc6c6ccccc65)cc43)c2)cc1. The zero-order valence-electron chi connectivity index (χ0n) is 29.5. The third-order valence-electron chi connectivity index (χ3n) is 11.1. The second-order valence-corrected chi connectivity index (χ2v) is 14.0. The van der Waals surface area contributed by atoms with Crippen LogP contribution in [0.15, 0.2) is 176 Å². The summed E-state index contributed by atoms with van der Waals surface area (Å²) in [6.07, 6.45) is 0. The van der Waals surface area contributed by atoms with E-state index in [2.05, 4.69) is 165 Å². The highest BCUT2D eigenvalue weighted by Gasteiger charge is 2.19. The molecule has 0 N–H and O–H groups in total. The van der Waals surface area contributed by atoms with E-state index in [0.29, 0.717) is 11.1 Å². The Bertz CT molecular complexity index is 3400. The molecule has 3 aromatic heterocycles. The standard InChI is InChI=1S/C50H29N5/c51-30-32-17-26-48-43(27-32)41-12-4-7-15-46(41)53(48)36-22-20-33(21-23-36)34-18-19-35(31-52)49(28-34)55-47-16-8-3-11-40(47)42-25-24-37(29-50(42)55)54-44-13-5-1-9-38(44)39-10-2-6-14-45(39)54/h1-29H. The molecular weight excluding hydrogens is 671 g/mol. The first kappa shape index (κ1) is 30.7. The minimum absolute atomic E-state index is 0.604. The Morgan fingerprint density at radius 1 is 0.327 bits per heavy atom. The molecule has 0 aliphatic heterocycles. The Labute approximate surface area is 316 Å². The van der Waals surface area contributed by atoms with E-state index in [1.54, 1.807) is 0 Å². The molecular formula is C50H29N5. The third-order valence-corrected chi connectivity index (χ3v) is 11.1. The molecule has 254 valence electrons. The molecule has 5 heteroatoms. The highest BCUT2D eigenvalue weighted by molar-refractivity contribution is 6.12. The molecule has 0 aliphatic carbocycles. The third kappa shape index (κ3) is 4.51. The second kappa shape index (κ2) is 11.8. The summed E-state index contributed by atoms with van der Waals surface area (Å²) < 4.78 is 6.85. The van der Waals surface area contributed by atoms with Crippen LogP contribution in [0.2, 0.25) is 0 Å². The number of para-hydroxylation sites is 4. The van der Waals surface area contributed by atoms with Gasteiger partial charge in [0.2, 0.25) is 0 Å². The first-order valence-electron chi connectivity index (χ1n) is 18.3. The Morgan fingerprint density at radius 3 is 1.42 bits per heavy atom. The molecule has 0 aliphatic rings. The topological polar surface area (TPSA) is 62.4 Å². The molecule has 0 radical (unpaired) electrons. The zero-order valence-corrected chi connectivity index (χ0v) is 29.5. The van der Waals surface area contributed by atoms with Crippen LogP contribution in [0.25, 0.3) is 93.6 Å². The van der Waals surface area contributed by atoms with Gasteiger partial charge in [-0.1, -0.05) is 97.1 Å². The molecule has 0 saturated carbocycles. The number of fused-ring (bicyclic) bond motifs is 9. The van der Waals surface area contributed by atoms with Gasteiger partial charge >= 0.3 is 0 Å². The van der Waals surface area contributed by atoms with E-state index >= 15 is 0 Å². The largest absolute Gasteiger partial charge is 0.309 e. The molecule has 0 unspecified atom stereocenters. The maximum absolute atomic E-state index is 10.5. The summed E-state index contributed by atoms with van der Waals surface area (Å²) in [5, 5.41) is 27.0. The van der Waals surface area contributed by atoms with E-state index in [-0.39, 0.29) is 0 Å². The van der Waals surface area contributed by atoms with E-state index in [0.717, 1.165) is 82.8 Å². The summed E-state index contributed by atoms with van der Waals surface area (Å²) >= 11 is 0. The highest BCUT2D eigenvalue weighted by atomic mass is 15.0. The van der Waals surface area contributed by atoms with E-state index < -0.39 is 0 Å². The summed E-state index contributed by atoms with van der Waals surface area (Å²) in [5.74, 6) is 0. The molecule has 11 aromatic rings. The van der Waals surface area contributed by atoms with Crippen LogP contribution in [-0.4, -0.2) is 13.7 Å². The molecule has 3 heterocycles. The average Bonchev–Trinajstić information content (AvgIpc) is 3.88. The molecule has 0 fully saturated rings. The summed E-state index contributed by atoms with van der Waals surface area (Å²) in [4.78, 5) is 0.